The van der Waals surface area contributed by atoms with Gasteiger partial charge in [-0.1, -0.05) is 0 Å². The van der Waals surface area contributed by atoms with E-state index >= 15 is 0 Å². The fourth-order valence-corrected chi connectivity index (χ4v) is 5.10. The van der Waals surface area contributed by atoms with Gasteiger partial charge in [-0.05, 0) is 103 Å². The Hall–Kier alpha value is -0.610. The summed E-state index contributed by atoms with van der Waals surface area (Å²) in [5.41, 5.74) is 0. The van der Waals surface area contributed by atoms with Crippen LogP contribution in [0, 0.1) is 17.8 Å². The van der Waals surface area contributed by atoms with Gasteiger partial charge in [-0.15, -0.1) is 0 Å². The third kappa shape index (κ3) is 5.19. The van der Waals surface area contributed by atoms with Crippen LogP contribution in [0.25, 0.3) is 0 Å². The Labute approximate surface area is 147 Å². The maximum atomic E-state index is 12.4. The number of carbonyl (C=O) groups is 1. The second-order valence-electron chi connectivity index (χ2n) is 8.49. The highest BCUT2D eigenvalue weighted by Crippen LogP contribution is 2.35. The monoisotopic (exact) mass is 335 g/mol. The fraction of sp³-hybridized carbons (Fsp3) is 0.950. The minimum Gasteiger partial charge on any atom is -0.353 e. The first-order valence-corrected chi connectivity index (χ1v) is 10.4. The summed E-state index contributed by atoms with van der Waals surface area (Å²) in [6, 6.07) is 1.21. The van der Waals surface area contributed by atoms with Crippen LogP contribution >= 0.6 is 0 Å². The number of rotatable bonds is 5. The number of carbonyl (C=O) groups excluding carboxylic acids is 1. The second-order valence-corrected chi connectivity index (χ2v) is 8.49. The van der Waals surface area contributed by atoms with Crippen LogP contribution < -0.4 is 16.0 Å². The predicted octanol–water partition coefficient (Wildman–Crippen LogP) is 2.83. The van der Waals surface area contributed by atoms with Gasteiger partial charge in [0, 0.05) is 18.0 Å². The largest absolute Gasteiger partial charge is 0.353 e. The molecule has 0 atom stereocenters. The van der Waals surface area contributed by atoms with Gasteiger partial charge in [0.15, 0.2) is 0 Å². The van der Waals surface area contributed by atoms with Gasteiger partial charge in [-0.3, -0.25) is 4.79 Å². The maximum absolute atomic E-state index is 12.4. The quantitative estimate of drug-likeness (QED) is 0.724. The Balaban J connectivity index is 1.33. The fourth-order valence-electron chi connectivity index (χ4n) is 5.10. The Morgan fingerprint density at radius 3 is 1.92 bits per heavy atom. The molecule has 4 heteroatoms. The molecule has 0 bridgehead atoms. The number of amides is 1. The lowest BCUT2D eigenvalue weighted by atomic mass is 9.75. The summed E-state index contributed by atoms with van der Waals surface area (Å²) in [6.07, 6.45) is 14.1. The summed E-state index contributed by atoms with van der Waals surface area (Å²) in [7, 11) is 2.10. The molecule has 0 aromatic heterocycles. The van der Waals surface area contributed by atoms with E-state index < -0.39 is 0 Å². The molecule has 1 amide bonds. The zero-order valence-corrected chi connectivity index (χ0v) is 15.5. The van der Waals surface area contributed by atoms with Crippen molar-refractivity contribution in [3.05, 3.63) is 0 Å². The first kappa shape index (κ1) is 18.2. The van der Waals surface area contributed by atoms with Gasteiger partial charge in [-0.2, -0.15) is 0 Å². The highest BCUT2D eigenvalue weighted by atomic mass is 16.1. The molecule has 3 fully saturated rings. The molecule has 0 aromatic rings. The van der Waals surface area contributed by atoms with Crippen LogP contribution in [0.15, 0.2) is 0 Å². The molecule has 24 heavy (non-hydrogen) atoms. The predicted molar refractivity (Wildman–Crippen MR) is 98.9 cm³/mol. The molecule has 0 radical (unpaired) electrons. The van der Waals surface area contributed by atoms with Gasteiger partial charge < -0.3 is 16.0 Å². The zero-order valence-electron chi connectivity index (χ0n) is 15.5. The molecule has 138 valence electrons. The average molecular weight is 336 g/mol. The number of hydrogen-bond acceptors (Lipinski definition) is 3. The topological polar surface area (TPSA) is 53.2 Å². The summed E-state index contributed by atoms with van der Waals surface area (Å²) in [6.45, 7) is 2.00. The zero-order chi connectivity index (χ0) is 16.8. The summed E-state index contributed by atoms with van der Waals surface area (Å²) in [5.74, 6) is 2.45. The van der Waals surface area contributed by atoms with Crippen molar-refractivity contribution in [3.8, 4) is 0 Å². The van der Waals surface area contributed by atoms with Crippen LogP contribution in [0.2, 0.25) is 0 Å². The first-order valence-electron chi connectivity index (χ1n) is 10.4. The first-order chi connectivity index (χ1) is 11.7. The summed E-state index contributed by atoms with van der Waals surface area (Å²) in [5, 5.41) is 10.1. The van der Waals surface area contributed by atoms with Crippen molar-refractivity contribution in [2.24, 2.45) is 17.8 Å². The minimum absolute atomic E-state index is 0.256. The standard InChI is InChI=1S/C20H37N3O/c1-21-18-6-2-15(3-7-18)14-16-4-8-19(9-5-16)23-20(24)17-10-12-22-13-11-17/h15-19,21-22H,2-14H2,1H3,(H,23,24). The second kappa shape index (κ2) is 9.19. The maximum Gasteiger partial charge on any atom is 0.223 e. The van der Waals surface area contributed by atoms with E-state index in [-0.39, 0.29) is 5.92 Å². The lowest BCUT2D eigenvalue weighted by molar-refractivity contribution is -0.126. The van der Waals surface area contributed by atoms with E-state index in [4.69, 9.17) is 0 Å². The molecular formula is C20H37N3O. The molecule has 1 aliphatic heterocycles. The third-order valence-electron chi connectivity index (χ3n) is 6.82. The molecule has 3 rings (SSSR count). The van der Waals surface area contributed by atoms with Crippen molar-refractivity contribution in [1.82, 2.24) is 16.0 Å². The molecule has 0 unspecified atom stereocenters. The van der Waals surface area contributed by atoms with Crippen molar-refractivity contribution < 1.29 is 4.79 Å². The van der Waals surface area contributed by atoms with Crippen molar-refractivity contribution in [2.75, 3.05) is 20.1 Å². The van der Waals surface area contributed by atoms with Gasteiger partial charge in [-0.25, -0.2) is 0 Å². The van der Waals surface area contributed by atoms with Crippen LogP contribution in [0.1, 0.15) is 70.6 Å². The molecule has 0 spiro atoms. The van der Waals surface area contributed by atoms with Crippen LogP contribution in [0.5, 0.6) is 0 Å². The Bertz CT molecular complexity index is 378. The normalized spacial score (nSPS) is 35.5. The molecule has 0 aromatic carbocycles. The van der Waals surface area contributed by atoms with Crippen LogP contribution in [0.4, 0.5) is 0 Å². The molecule has 4 nitrogen and oxygen atoms in total. The van der Waals surface area contributed by atoms with Crippen molar-refractivity contribution in [3.63, 3.8) is 0 Å². The molecule has 3 N–H and O–H groups in total. The third-order valence-corrected chi connectivity index (χ3v) is 6.82. The Morgan fingerprint density at radius 2 is 1.38 bits per heavy atom. The van der Waals surface area contributed by atoms with Gasteiger partial charge >= 0.3 is 0 Å². The van der Waals surface area contributed by atoms with E-state index in [1.807, 2.05) is 0 Å². The molecule has 1 heterocycles. The van der Waals surface area contributed by atoms with Crippen LogP contribution in [-0.4, -0.2) is 38.1 Å². The molecular weight excluding hydrogens is 298 g/mol. The van der Waals surface area contributed by atoms with E-state index in [9.17, 15) is 4.79 Å². The van der Waals surface area contributed by atoms with Crippen molar-refractivity contribution in [2.45, 2.75) is 82.7 Å². The highest BCUT2D eigenvalue weighted by Gasteiger charge is 2.28. The van der Waals surface area contributed by atoms with E-state index in [1.165, 1.54) is 57.8 Å². The SMILES string of the molecule is CNC1CCC(CC2CCC(NC(=O)C3CCNCC3)CC2)CC1. The lowest BCUT2D eigenvalue weighted by Crippen LogP contribution is -2.44. The van der Waals surface area contributed by atoms with Crippen molar-refractivity contribution in [1.29, 1.82) is 0 Å². The van der Waals surface area contributed by atoms with E-state index in [1.54, 1.807) is 0 Å². The summed E-state index contributed by atoms with van der Waals surface area (Å²) < 4.78 is 0. The lowest BCUT2D eigenvalue weighted by Gasteiger charge is -2.35. The molecule has 1 saturated heterocycles. The molecule has 3 aliphatic rings. The van der Waals surface area contributed by atoms with E-state index in [0.29, 0.717) is 11.9 Å². The van der Waals surface area contributed by atoms with Crippen LogP contribution in [-0.2, 0) is 4.79 Å². The van der Waals surface area contributed by atoms with E-state index in [0.717, 1.165) is 43.8 Å². The highest BCUT2D eigenvalue weighted by molar-refractivity contribution is 5.79. The van der Waals surface area contributed by atoms with Crippen molar-refractivity contribution >= 4 is 5.91 Å². The van der Waals surface area contributed by atoms with Gasteiger partial charge in [0.1, 0.15) is 0 Å². The Kier molecular flexibility index (Phi) is 6.96. The molecule has 2 saturated carbocycles. The summed E-state index contributed by atoms with van der Waals surface area (Å²) >= 11 is 0. The number of hydrogen-bond donors (Lipinski definition) is 3. The number of piperidine rings is 1. The Morgan fingerprint density at radius 1 is 0.833 bits per heavy atom. The van der Waals surface area contributed by atoms with Crippen LogP contribution in [0.3, 0.4) is 0 Å². The van der Waals surface area contributed by atoms with E-state index in [2.05, 4.69) is 23.0 Å². The van der Waals surface area contributed by atoms with Gasteiger partial charge in [0.05, 0.1) is 0 Å². The summed E-state index contributed by atoms with van der Waals surface area (Å²) in [4.78, 5) is 12.4. The molecule has 2 aliphatic carbocycles. The van der Waals surface area contributed by atoms with Gasteiger partial charge in [0.2, 0.25) is 5.91 Å². The smallest absolute Gasteiger partial charge is 0.223 e. The van der Waals surface area contributed by atoms with Gasteiger partial charge in [0.25, 0.3) is 0 Å². The average Bonchev–Trinajstić information content (AvgIpc) is 2.65. The number of nitrogens with one attached hydrogen (secondary N) is 3. The minimum atomic E-state index is 0.256.